The van der Waals surface area contributed by atoms with Gasteiger partial charge >= 0.3 is 0 Å². The number of hydrazone groups is 1. The molecule has 0 bridgehead atoms. The fourth-order valence-corrected chi connectivity index (χ4v) is 2.25. The Kier molecular flexibility index (Phi) is 3.97. The maximum atomic E-state index is 11.9. The van der Waals surface area contributed by atoms with Gasteiger partial charge in [0.25, 0.3) is 5.91 Å². The van der Waals surface area contributed by atoms with Gasteiger partial charge in [-0.2, -0.15) is 5.10 Å². The van der Waals surface area contributed by atoms with Crippen LogP contribution in [0, 0.1) is 6.92 Å². The molecule has 0 aliphatic carbocycles. The van der Waals surface area contributed by atoms with E-state index in [-0.39, 0.29) is 11.3 Å². The summed E-state index contributed by atoms with van der Waals surface area (Å²) in [5, 5.41) is 15.8. The molecule has 0 aliphatic rings. The summed E-state index contributed by atoms with van der Waals surface area (Å²) in [5.74, 6) is -0.430. The molecule has 0 aliphatic heterocycles. The molecule has 2 rings (SSSR count). The van der Waals surface area contributed by atoms with E-state index in [0.29, 0.717) is 5.56 Å². The van der Waals surface area contributed by atoms with Gasteiger partial charge in [0.2, 0.25) is 0 Å². The third-order valence-electron chi connectivity index (χ3n) is 2.69. The second-order valence-electron chi connectivity index (χ2n) is 4.09. The van der Waals surface area contributed by atoms with Crippen LogP contribution in [-0.4, -0.2) is 16.7 Å². The van der Waals surface area contributed by atoms with Gasteiger partial charge in [-0.1, -0.05) is 18.2 Å². The highest BCUT2D eigenvalue weighted by molar-refractivity contribution is 7.12. The predicted molar refractivity (Wildman–Crippen MR) is 76.8 cm³/mol. The Labute approximate surface area is 115 Å². The molecule has 98 valence electrons. The Balaban J connectivity index is 2.14. The summed E-state index contributed by atoms with van der Waals surface area (Å²) in [6.45, 7) is 3.56. The molecule has 1 aromatic carbocycles. The van der Waals surface area contributed by atoms with Crippen LogP contribution in [0.25, 0.3) is 0 Å². The Morgan fingerprint density at radius 1 is 1.32 bits per heavy atom. The second kappa shape index (κ2) is 5.67. The fourth-order valence-electron chi connectivity index (χ4n) is 1.58. The van der Waals surface area contributed by atoms with Crippen LogP contribution < -0.4 is 5.43 Å². The fraction of sp³-hybridized carbons (Fsp3) is 0.143. The summed E-state index contributed by atoms with van der Waals surface area (Å²) in [5.41, 5.74) is 4.07. The van der Waals surface area contributed by atoms with Crippen molar-refractivity contribution < 1.29 is 9.90 Å². The molecule has 2 aromatic rings. The van der Waals surface area contributed by atoms with Crippen LogP contribution in [0.1, 0.15) is 27.7 Å². The summed E-state index contributed by atoms with van der Waals surface area (Å²) < 4.78 is 0. The van der Waals surface area contributed by atoms with Crippen LogP contribution in [0.4, 0.5) is 0 Å². The molecule has 2 N–H and O–H groups in total. The number of aryl methyl sites for hydroxylation is 1. The lowest BCUT2D eigenvalue weighted by Gasteiger charge is -2.05. The number of nitrogens with one attached hydrogen (secondary N) is 1. The van der Waals surface area contributed by atoms with Crippen LogP contribution in [0.3, 0.4) is 0 Å². The first-order chi connectivity index (χ1) is 9.09. The number of thiophene rings is 1. The standard InChI is InChI=1S/C14H14N2O2S/c1-9-5-3-6-11(13(9)17)14(18)16-15-10(2)12-7-4-8-19-12/h3-8,17H,1-2H3,(H,16,18)/b15-10+. The number of para-hydroxylation sites is 1. The third kappa shape index (κ3) is 3.00. The molecule has 5 heteroatoms. The summed E-state index contributed by atoms with van der Waals surface area (Å²) in [6, 6.07) is 8.88. The van der Waals surface area contributed by atoms with E-state index >= 15 is 0 Å². The molecular formula is C14H14N2O2S. The number of carbonyl (C=O) groups is 1. The molecule has 0 spiro atoms. The molecule has 0 fully saturated rings. The molecule has 4 nitrogen and oxygen atoms in total. The van der Waals surface area contributed by atoms with E-state index in [0.717, 1.165) is 10.6 Å². The molecule has 0 saturated heterocycles. The molecule has 0 radical (unpaired) electrons. The van der Waals surface area contributed by atoms with Crippen molar-refractivity contribution in [3.05, 3.63) is 51.7 Å². The average Bonchev–Trinajstić information content (AvgIpc) is 2.93. The van der Waals surface area contributed by atoms with Crippen molar-refractivity contribution in [1.29, 1.82) is 0 Å². The first kappa shape index (κ1) is 13.3. The molecular weight excluding hydrogens is 260 g/mol. The lowest BCUT2D eigenvalue weighted by atomic mass is 10.1. The van der Waals surface area contributed by atoms with Gasteiger partial charge in [0.05, 0.1) is 11.3 Å². The monoisotopic (exact) mass is 274 g/mol. The van der Waals surface area contributed by atoms with Crippen molar-refractivity contribution in [1.82, 2.24) is 5.43 Å². The first-order valence-electron chi connectivity index (χ1n) is 5.76. The average molecular weight is 274 g/mol. The van der Waals surface area contributed by atoms with E-state index in [9.17, 15) is 9.90 Å². The van der Waals surface area contributed by atoms with Crippen LogP contribution in [-0.2, 0) is 0 Å². The summed E-state index contributed by atoms with van der Waals surface area (Å²) >= 11 is 1.55. The van der Waals surface area contributed by atoms with Gasteiger partial charge in [-0.05, 0) is 36.9 Å². The Bertz CT molecular complexity index is 618. The topological polar surface area (TPSA) is 61.7 Å². The van der Waals surface area contributed by atoms with Gasteiger partial charge in [0, 0.05) is 4.88 Å². The normalized spacial score (nSPS) is 11.4. The van der Waals surface area contributed by atoms with Crippen molar-refractivity contribution in [2.24, 2.45) is 5.10 Å². The van der Waals surface area contributed by atoms with Crippen LogP contribution >= 0.6 is 11.3 Å². The van der Waals surface area contributed by atoms with Crippen molar-refractivity contribution in [2.75, 3.05) is 0 Å². The molecule has 1 amide bonds. The second-order valence-corrected chi connectivity index (χ2v) is 5.03. The molecule has 1 heterocycles. The van der Waals surface area contributed by atoms with Gasteiger partial charge in [0.15, 0.2) is 0 Å². The number of nitrogens with zero attached hydrogens (tertiary/aromatic N) is 1. The summed E-state index contributed by atoms with van der Waals surface area (Å²) in [7, 11) is 0. The molecule has 1 aromatic heterocycles. The van der Waals surface area contributed by atoms with Crippen molar-refractivity contribution >= 4 is 23.0 Å². The van der Waals surface area contributed by atoms with Crippen molar-refractivity contribution in [2.45, 2.75) is 13.8 Å². The molecule has 0 unspecified atom stereocenters. The van der Waals surface area contributed by atoms with Crippen LogP contribution in [0.15, 0.2) is 40.8 Å². The lowest BCUT2D eigenvalue weighted by Crippen LogP contribution is -2.19. The highest BCUT2D eigenvalue weighted by atomic mass is 32.1. The number of hydrogen-bond acceptors (Lipinski definition) is 4. The number of carbonyl (C=O) groups excluding carboxylic acids is 1. The van der Waals surface area contributed by atoms with Gasteiger partial charge in [-0.25, -0.2) is 5.43 Å². The SMILES string of the molecule is C/C(=N\NC(=O)c1cccc(C)c1O)c1cccs1. The number of phenolic OH excluding ortho intramolecular Hbond substituents is 1. The summed E-state index contributed by atoms with van der Waals surface area (Å²) in [4.78, 5) is 12.9. The number of hydrogen-bond donors (Lipinski definition) is 2. The number of rotatable bonds is 3. The van der Waals surface area contributed by atoms with E-state index in [1.165, 1.54) is 0 Å². The zero-order chi connectivity index (χ0) is 13.8. The maximum absolute atomic E-state index is 11.9. The van der Waals surface area contributed by atoms with Gasteiger partial charge in [-0.15, -0.1) is 11.3 Å². The lowest BCUT2D eigenvalue weighted by molar-refractivity contribution is 0.0952. The van der Waals surface area contributed by atoms with Gasteiger partial charge < -0.3 is 5.11 Å². The molecule has 0 saturated carbocycles. The zero-order valence-corrected chi connectivity index (χ0v) is 11.5. The highest BCUT2D eigenvalue weighted by Gasteiger charge is 2.11. The molecule has 19 heavy (non-hydrogen) atoms. The third-order valence-corrected chi connectivity index (χ3v) is 3.66. The van der Waals surface area contributed by atoms with E-state index in [2.05, 4.69) is 10.5 Å². The Hall–Kier alpha value is -2.14. The number of benzene rings is 1. The minimum Gasteiger partial charge on any atom is -0.507 e. The van der Waals surface area contributed by atoms with E-state index < -0.39 is 5.91 Å². The quantitative estimate of drug-likeness (QED) is 0.667. The molecule has 0 atom stereocenters. The number of aromatic hydroxyl groups is 1. The van der Waals surface area contributed by atoms with Crippen LogP contribution in [0.2, 0.25) is 0 Å². The van der Waals surface area contributed by atoms with E-state index in [1.54, 1.807) is 36.5 Å². The zero-order valence-electron chi connectivity index (χ0n) is 10.7. The smallest absolute Gasteiger partial charge is 0.275 e. The van der Waals surface area contributed by atoms with Gasteiger partial charge in [0.1, 0.15) is 5.75 Å². The minimum absolute atomic E-state index is 0.0102. The Morgan fingerprint density at radius 2 is 2.11 bits per heavy atom. The minimum atomic E-state index is -0.419. The van der Waals surface area contributed by atoms with E-state index in [1.807, 2.05) is 24.4 Å². The van der Waals surface area contributed by atoms with Gasteiger partial charge in [-0.3, -0.25) is 4.79 Å². The number of amides is 1. The first-order valence-corrected chi connectivity index (χ1v) is 6.64. The largest absolute Gasteiger partial charge is 0.507 e. The Morgan fingerprint density at radius 3 is 2.79 bits per heavy atom. The van der Waals surface area contributed by atoms with E-state index in [4.69, 9.17) is 0 Å². The summed E-state index contributed by atoms with van der Waals surface area (Å²) in [6.07, 6.45) is 0. The van der Waals surface area contributed by atoms with Crippen LogP contribution in [0.5, 0.6) is 5.75 Å². The van der Waals surface area contributed by atoms with Crippen molar-refractivity contribution in [3.63, 3.8) is 0 Å². The highest BCUT2D eigenvalue weighted by Crippen LogP contribution is 2.21. The predicted octanol–water partition coefficient (Wildman–Crippen LogP) is 2.92. The number of phenols is 1. The maximum Gasteiger partial charge on any atom is 0.275 e. The van der Waals surface area contributed by atoms with Crippen molar-refractivity contribution in [3.8, 4) is 5.75 Å².